The van der Waals surface area contributed by atoms with Crippen molar-refractivity contribution in [1.82, 2.24) is 19.8 Å². The average molecular weight is 276 g/mol. The minimum absolute atomic E-state index is 0.0424. The largest absolute Gasteiger partial charge is 0.480 e. The van der Waals surface area contributed by atoms with Gasteiger partial charge >= 0.3 is 5.97 Å². The smallest absolute Gasteiger partial charge is 0.317 e. The van der Waals surface area contributed by atoms with Gasteiger partial charge in [0.15, 0.2) is 0 Å². The maximum atomic E-state index is 11.0. The third-order valence-corrected chi connectivity index (χ3v) is 3.15. The van der Waals surface area contributed by atoms with Crippen molar-refractivity contribution in [2.45, 2.75) is 6.54 Å². The molecule has 0 fully saturated rings. The summed E-state index contributed by atoms with van der Waals surface area (Å²) >= 11 is 0. The molecule has 6 heteroatoms. The Morgan fingerprint density at radius 1 is 1.40 bits per heavy atom. The third kappa shape index (κ3) is 3.79. The fourth-order valence-electron chi connectivity index (χ4n) is 2.13. The molecule has 0 aliphatic carbocycles. The van der Waals surface area contributed by atoms with Crippen molar-refractivity contribution < 1.29 is 9.90 Å². The first-order valence-electron chi connectivity index (χ1n) is 6.56. The van der Waals surface area contributed by atoms with Crippen molar-refractivity contribution in [1.29, 1.82) is 0 Å². The lowest BCUT2D eigenvalue weighted by Crippen LogP contribution is -2.35. The third-order valence-electron chi connectivity index (χ3n) is 3.15. The average Bonchev–Trinajstić information content (AvgIpc) is 2.79. The number of carboxylic acids is 1. The first kappa shape index (κ1) is 14.5. The Balaban J connectivity index is 2.11. The van der Waals surface area contributed by atoms with Crippen molar-refractivity contribution in [2.24, 2.45) is 0 Å². The Morgan fingerprint density at radius 3 is 2.90 bits per heavy atom. The van der Waals surface area contributed by atoms with E-state index >= 15 is 0 Å². The Bertz CT molecular complexity index is 579. The molecule has 2 N–H and O–H groups in total. The van der Waals surface area contributed by atoms with Crippen LogP contribution in [0.15, 0.2) is 24.5 Å². The van der Waals surface area contributed by atoms with Gasteiger partial charge in [0.25, 0.3) is 0 Å². The minimum Gasteiger partial charge on any atom is -0.480 e. The molecule has 0 radical (unpaired) electrons. The first-order chi connectivity index (χ1) is 9.56. The molecule has 2 heterocycles. The SMILES string of the molecule is CN(C)CCN(CC(=O)O)Cc1c[nH]c2ncccc12. The van der Waals surface area contributed by atoms with Gasteiger partial charge in [-0.15, -0.1) is 0 Å². The van der Waals surface area contributed by atoms with Crippen LogP contribution in [-0.4, -0.2) is 64.6 Å². The molecule has 0 amide bonds. The predicted octanol–water partition coefficient (Wildman–Crippen LogP) is 1.01. The van der Waals surface area contributed by atoms with Crippen LogP contribution < -0.4 is 0 Å². The monoisotopic (exact) mass is 276 g/mol. The number of nitrogens with one attached hydrogen (secondary N) is 1. The van der Waals surface area contributed by atoms with E-state index < -0.39 is 5.97 Å². The fraction of sp³-hybridized carbons (Fsp3) is 0.429. The maximum Gasteiger partial charge on any atom is 0.317 e. The summed E-state index contributed by atoms with van der Waals surface area (Å²) in [6.07, 6.45) is 3.64. The van der Waals surface area contributed by atoms with E-state index in [1.54, 1.807) is 6.20 Å². The zero-order valence-electron chi connectivity index (χ0n) is 11.8. The number of fused-ring (bicyclic) bond motifs is 1. The van der Waals surface area contributed by atoms with Crippen LogP contribution in [0.5, 0.6) is 0 Å². The van der Waals surface area contributed by atoms with Gasteiger partial charge in [-0.25, -0.2) is 4.98 Å². The van der Waals surface area contributed by atoms with Crippen molar-refractivity contribution in [3.63, 3.8) is 0 Å². The molecular formula is C14H20N4O2. The second-order valence-corrected chi connectivity index (χ2v) is 5.12. The molecule has 0 aliphatic rings. The topological polar surface area (TPSA) is 72.5 Å². The van der Waals surface area contributed by atoms with Gasteiger partial charge in [0, 0.05) is 37.4 Å². The molecule has 0 unspecified atom stereocenters. The molecule has 0 aromatic carbocycles. The second-order valence-electron chi connectivity index (χ2n) is 5.12. The number of aliphatic carboxylic acids is 1. The van der Waals surface area contributed by atoms with Crippen LogP contribution in [0.3, 0.4) is 0 Å². The standard InChI is InChI=1S/C14H20N4O2/c1-17(2)6-7-18(10-13(19)20)9-11-8-16-14-12(11)4-3-5-15-14/h3-5,8H,6-7,9-10H2,1-2H3,(H,15,16)(H,19,20). The van der Waals surface area contributed by atoms with E-state index in [1.165, 1.54) is 0 Å². The second kappa shape index (κ2) is 6.49. The summed E-state index contributed by atoms with van der Waals surface area (Å²) in [6.45, 7) is 2.19. The van der Waals surface area contributed by atoms with Gasteiger partial charge in [-0.05, 0) is 31.8 Å². The van der Waals surface area contributed by atoms with Crippen LogP contribution in [-0.2, 0) is 11.3 Å². The number of carbonyl (C=O) groups is 1. The molecule has 0 atom stereocenters. The van der Waals surface area contributed by atoms with Gasteiger partial charge in [-0.1, -0.05) is 0 Å². The molecule has 2 rings (SSSR count). The highest BCUT2D eigenvalue weighted by Crippen LogP contribution is 2.17. The van der Waals surface area contributed by atoms with E-state index in [2.05, 4.69) is 9.97 Å². The first-order valence-corrected chi connectivity index (χ1v) is 6.56. The zero-order chi connectivity index (χ0) is 14.5. The van der Waals surface area contributed by atoms with Gasteiger partial charge < -0.3 is 15.0 Å². The molecule has 6 nitrogen and oxygen atoms in total. The van der Waals surface area contributed by atoms with Crippen molar-refractivity contribution >= 4 is 17.0 Å². The number of likely N-dealkylation sites (N-methyl/N-ethyl adjacent to an activating group) is 1. The molecule has 2 aromatic heterocycles. The summed E-state index contributed by atoms with van der Waals surface area (Å²) in [4.78, 5) is 22.3. The van der Waals surface area contributed by atoms with E-state index in [4.69, 9.17) is 5.11 Å². The van der Waals surface area contributed by atoms with E-state index in [9.17, 15) is 4.79 Å². The lowest BCUT2D eigenvalue weighted by atomic mass is 10.2. The van der Waals surface area contributed by atoms with Gasteiger partial charge in [-0.3, -0.25) is 9.69 Å². The Morgan fingerprint density at radius 2 is 2.20 bits per heavy atom. The van der Waals surface area contributed by atoms with E-state index in [-0.39, 0.29) is 6.54 Å². The Kier molecular flexibility index (Phi) is 4.70. The van der Waals surface area contributed by atoms with Gasteiger partial charge in [-0.2, -0.15) is 0 Å². The molecule has 0 aliphatic heterocycles. The molecule has 20 heavy (non-hydrogen) atoms. The van der Waals surface area contributed by atoms with Crippen LogP contribution in [0.25, 0.3) is 11.0 Å². The highest BCUT2D eigenvalue weighted by atomic mass is 16.4. The minimum atomic E-state index is -0.804. The van der Waals surface area contributed by atoms with E-state index in [0.29, 0.717) is 13.1 Å². The summed E-state index contributed by atoms with van der Waals surface area (Å²) in [6, 6.07) is 3.89. The van der Waals surface area contributed by atoms with Crippen LogP contribution in [0, 0.1) is 0 Å². The molecular weight excluding hydrogens is 256 g/mol. The number of hydrogen-bond donors (Lipinski definition) is 2. The molecule has 0 saturated carbocycles. The van der Waals surface area contributed by atoms with Gasteiger partial charge in [0.2, 0.25) is 0 Å². The number of carboxylic acid groups (broad SMARTS) is 1. The molecule has 0 spiro atoms. The molecule has 0 saturated heterocycles. The summed E-state index contributed by atoms with van der Waals surface area (Å²) in [5, 5.41) is 10.1. The lowest BCUT2D eigenvalue weighted by Gasteiger charge is -2.22. The van der Waals surface area contributed by atoms with Crippen molar-refractivity contribution in [3.05, 3.63) is 30.1 Å². The van der Waals surface area contributed by atoms with Crippen molar-refractivity contribution in [3.8, 4) is 0 Å². The highest BCUT2D eigenvalue weighted by molar-refractivity contribution is 5.79. The van der Waals surface area contributed by atoms with Gasteiger partial charge in [0.1, 0.15) is 5.65 Å². The number of rotatable bonds is 7. The normalized spacial score (nSPS) is 11.6. The lowest BCUT2D eigenvalue weighted by molar-refractivity contribution is -0.138. The van der Waals surface area contributed by atoms with Crippen LogP contribution >= 0.6 is 0 Å². The van der Waals surface area contributed by atoms with Crippen LogP contribution in [0.2, 0.25) is 0 Å². The summed E-state index contributed by atoms with van der Waals surface area (Å²) < 4.78 is 0. The van der Waals surface area contributed by atoms with Crippen LogP contribution in [0.1, 0.15) is 5.56 Å². The number of pyridine rings is 1. The number of aromatic amines is 1. The number of hydrogen-bond acceptors (Lipinski definition) is 4. The van der Waals surface area contributed by atoms with E-state index in [0.717, 1.165) is 23.1 Å². The zero-order valence-corrected chi connectivity index (χ0v) is 11.8. The quantitative estimate of drug-likeness (QED) is 0.789. The predicted molar refractivity (Wildman–Crippen MR) is 77.6 cm³/mol. The summed E-state index contributed by atoms with van der Waals surface area (Å²) in [7, 11) is 3.96. The number of H-pyrrole nitrogens is 1. The number of aromatic nitrogens is 2. The van der Waals surface area contributed by atoms with Gasteiger partial charge in [0.05, 0.1) is 6.54 Å². The van der Waals surface area contributed by atoms with Crippen LogP contribution in [0.4, 0.5) is 0 Å². The number of nitrogens with zero attached hydrogens (tertiary/aromatic N) is 3. The Labute approximate surface area is 118 Å². The molecule has 108 valence electrons. The van der Waals surface area contributed by atoms with Crippen molar-refractivity contribution in [2.75, 3.05) is 33.7 Å². The Hall–Kier alpha value is -1.92. The summed E-state index contributed by atoms with van der Waals surface area (Å²) in [5.74, 6) is -0.804. The highest BCUT2D eigenvalue weighted by Gasteiger charge is 2.13. The molecule has 2 aromatic rings. The summed E-state index contributed by atoms with van der Waals surface area (Å²) in [5.41, 5.74) is 1.92. The fourth-order valence-corrected chi connectivity index (χ4v) is 2.13. The molecule has 0 bridgehead atoms. The van der Waals surface area contributed by atoms with E-state index in [1.807, 2.05) is 42.2 Å². The maximum absolute atomic E-state index is 11.0.